The third-order valence-corrected chi connectivity index (χ3v) is 3.60. The predicted molar refractivity (Wildman–Crippen MR) is 72.0 cm³/mol. The van der Waals surface area contributed by atoms with Gasteiger partial charge in [-0.1, -0.05) is 0 Å². The quantitative estimate of drug-likeness (QED) is 0.908. The van der Waals surface area contributed by atoms with Crippen LogP contribution in [0.5, 0.6) is 0 Å². The summed E-state index contributed by atoms with van der Waals surface area (Å²) >= 11 is 3.03. The fraction of sp³-hybridized carbons (Fsp3) is 0.385. The maximum atomic E-state index is 13.2. The van der Waals surface area contributed by atoms with Crippen LogP contribution in [0, 0.1) is 5.82 Å². The van der Waals surface area contributed by atoms with Gasteiger partial charge in [0, 0.05) is 18.7 Å². The average molecular weight is 346 g/mol. The molecule has 7 heteroatoms. The van der Waals surface area contributed by atoms with Gasteiger partial charge in [0.05, 0.1) is 23.6 Å². The molecule has 20 heavy (non-hydrogen) atoms. The molecule has 1 amide bonds. The van der Waals surface area contributed by atoms with Crippen molar-refractivity contribution in [3.8, 4) is 0 Å². The van der Waals surface area contributed by atoms with Gasteiger partial charge in [-0.05, 0) is 34.1 Å². The second-order valence-corrected chi connectivity index (χ2v) is 5.33. The van der Waals surface area contributed by atoms with E-state index in [1.165, 1.54) is 23.1 Å². The van der Waals surface area contributed by atoms with Crippen molar-refractivity contribution in [2.75, 3.05) is 19.7 Å². The summed E-state index contributed by atoms with van der Waals surface area (Å²) in [7, 11) is 0. The van der Waals surface area contributed by atoms with Crippen LogP contribution in [-0.4, -0.2) is 47.7 Å². The smallest absolute Gasteiger partial charge is 0.306 e. The van der Waals surface area contributed by atoms with Crippen molar-refractivity contribution in [2.45, 2.75) is 12.5 Å². The molecule has 0 saturated carbocycles. The van der Waals surface area contributed by atoms with Gasteiger partial charge in [-0.3, -0.25) is 9.59 Å². The molecule has 5 nitrogen and oxygen atoms in total. The third kappa shape index (κ3) is 3.55. The first-order valence-corrected chi connectivity index (χ1v) is 6.84. The molecule has 0 spiro atoms. The number of carboxylic acid groups (broad SMARTS) is 1. The highest BCUT2D eigenvalue weighted by atomic mass is 79.9. The van der Waals surface area contributed by atoms with Gasteiger partial charge >= 0.3 is 5.97 Å². The second kappa shape index (κ2) is 6.32. The Hall–Kier alpha value is -1.47. The van der Waals surface area contributed by atoms with Gasteiger partial charge in [-0.15, -0.1) is 0 Å². The molecule has 0 aromatic heterocycles. The molecule has 108 valence electrons. The van der Waals surface area contributed by atoms with E-state index in [0.717, 1.165) is 0 Å². The molecule has 1 unspecified atom stereocenters. The Kier molecular flexibility index (Phi) is 4.72. The van der Waals surface area contributed by atoms with Crippen LogP contribution in [-0.2, 0) is 9.53 Å². The molecule has 1 heterocycles. The number of carbonyl (C=O) groups excluding carboxylic acids is 1. The first kappa shape index (κ1) is 14.9. The first-order chi connectivity index (χ1) is 9.47. The Morgan fingerprint density at radius 1 is 1.50 bits per heavy atom. The number of halogens is 2. The van der Waals surface area contributed by atoms with Crippen LogP contribution < -0.4 is 0 Å². The number of carbonyl (C=O) groups is 2. The molecule has 0 bridgehead atoms. The summed E-state index contributed by atoms with van der Waals surface area (Å²) in [6.45, 7) is 0.913. The number of carboxylic acids is 1. The van der Waals surface area contributed by atoms with Crippen LogP contribution >= 0.6 is 15.9 Å². The van der Waals surface area contributed by atoms with E-state index in [1.807, 2.05) is 0 Å². The summed E-state index contributed by atoms with van der Waals surface area (Å²) in [5.41, 5.74) is 0.356. The summed E-state index contributed by atoms with van der Waals surface area (Å²) in [4.78, 5) is 24.5. The SMILES string of the molecule is O=C(O)CC1CN(C(=O)c2ccc(F)c(Br)c2)CCO1. The standard InChI is InChI=1S/C13H13BrFNO4/c14-10-5-8(1-2-11(10)15)13(19)16-3-4-20-9(7-16)6-12(17)18/h1-2,5,9H,3-4,6-7H2,(H,17,18). The fourth-order valence-corrected chi connectivity index (χ4v) is 2.41. The minimum Gasteiger partial charge on any atom is -0.481 e. The molecule has 1 saturated heterocycles. The van der Waals surface area contributed by atoms with Crippen LogP contribution in [0.2, 0.25) is 0 Å². The largest absolute Gasteiger partial charge is 0.481 e. The molecule has 2 rings (SSSR count). The topological polar surface area (TPSA) is 66.8 Å². The van der Waals surface area contributed by atoms with Crippen LogP contribution in [0.4, 0.5) is 4.39 Å². The summed E-state index contributed by atoms with van der Waals surface area (Å²) in [6.07, 6.45) is -0.647. The van der Waals surface area contributed by atoms with Crippen molar-refractivity contribution in [3.63, 3.8) is 0 Å². The predicted octanol–water partition coefficient (Wildman–Crippen LogP) is 1.90. The zero-order chi connectivity index (χ0) is 14.7. The summed E-state index contributed by atoms with van der Waals surface area (Å²) < 4.78 is 18.7. The number of benzene rings is 1. The summed E-state index contributed by atoms with van der Waals surface area (Å²) in [6, 6.07) is 4.04. The van der Waals surface area contributed by atoms with E-state index in [1.54, 1.807) is 0 Å². The minimum atomic E-state index is -0.964. The molecule has 0 aliphatic carbocycles. The highest BCUT2D eigenvalue weighted by Gasteiger charge is 2.26. The first-order valence-electron chi connectivity index (χ1n) is 6.05. The molecule has 1 aliphatic heterocycles. The van der Waals surface area contributed by atoms with E-state index in [4.69, 9.17) is 9.84 Å². The minimum absolute atomic E-state index is 0.142. The Morgan fingerprint density at radius 2 is 2.25 bits per heavy atom. The Bertz CT molecular complexity index is 537. The van der Waals surface area contributed by atoms with E-state index >= 15 is 0 Å². The lowest BCUT2D eigenvalue weighted by atomic mass is 10.1. The molecule has 0 radical (unpaired) electrons. The normalized spacial score (nSPS) is 18.9. The maximum Gasteiger partial charge on any atom is 0.306 e. The molecule has 1 N–H and O–H groups in total. The van der Waals surface area contributed by atoms with Crippen LogP contribution in [0.3, 0.4) is 0 Å². The summed E-state index contributed by atoms with van der Waals surface area (Å²) in [5, 5.41) is 8.74. The van der Waals surface area contributed by atoms with Gasteiger partial charge in [0.25, 0.3) is 5.91 Å². The number of hydrogen-bond donors (Lipinski definition) is 1. The average Bonchev–Trinajstić information content (AvgIpc) is 2.40. The van der Waals surface area contributed by atoms with E-state index in [-0.39, 0.29) is 23.3 Å². The van der Waals surface area contributed by atoms with Crippen molar-refractivity contribution in [1.82, 2.24) is 4.90 Å². The van der Waals surface area contributed by atoms with Gasteiger partial charge in [0.15, 0.2) is 0 Å². The zero-order valence-corrected chi connectivity index (χ0v) is 12.1. The molecule has 1 atom stereocenters. The van der Waals surface area contributed by atoms with E-state index in [9.17, 15) is 14.0 Å². The molecule has 1 fully saturated rings. The lowest BCUT2D eigenvalue weighted by molar-refractivity contribution is -0.141. The number of nitrogens with zero attached hydrogens (tertiary/aromatic N) is 1. The van der Waals surface area contributed by atoms with E-state index < -0.39 is 17.9 Å². The van der Waals surface area contributed by atoms with Crippen molar-refractivity contribution in [2.24, 2.45) is 0 Å². The van der Waals surface area contributed by atoms with Crippen LogP contribution in [0.15, 0.2) is 22.7 Å². The lowest BCUT2D eigenvalue weighted by Crippen LogP contribution is -2.46. The van der Waals surface area contributed by atoms with Crippen molar-refractivity contribution >= 4 is 27.8 Å². The highest BCUT2D eigenvalue weighted by molar-refractivity contribution is 9.10. The lowest BCUT2D eigenvalue weighted by Gasteiger charge is -2.32. The summed E-state index contributed by atoms with van der Waals surface area (Å²) in [5.74, 6) is -1.66. The van der Waals surface area contributed by atoms with Crippen molar-refractivity contribution < 1.29 is 23.8 Å². The van der Waals surface area contributed by atoms with Crippen LogP contribution in [0.25, 0.3) is 0 Å². The van der Waals surface area contributed by atoms with E-state index in [2.05, 4.69) is 15.9 Å². The third-order valence-electron chi connectivity index (χ3n) is 2.99. The fourth-order valence-electron chi connectivity index (χ4n) is 2.03. The Labute approximate surface area is 123 Å². The van der Waals surface area contributed by atoms with Gasteiger partial charge in [-0.25, -0.2) is 4.39 Å². The number of ether oxygens (including phenoxy) is 1. The molecule has 1 aliphatic rings. The number of rotatable bonds is 3. The molecular weight excluding hydrogens is 333 g/mol. The highest BCUT2D eigenvalue weighted by Crippen LogP contribution is 2.19. The molecular formula is C13H13BrFNO4. The zero-order valence-electron chi connectivity index (χ0n) is 10.5. The number of morpholine rings is 1. The monoisotopic (exact) mass is 345 g/mol. The van der Waals surface area contributed by atoms with Gasteiger partial charge < -0.3 is 14.7 Å². The number of hydrogen-bond acceptors (Lipinski definition) is 3. The second-order valence-electron chi connectivity index (χ2n) is 4.47. The number of aliphatic carboxylic acids is 1. The van der Waals surface area contributed by atoms with Crippen molar-refractivity contribution in [3.05, 3.63) is 34.1 Å². The van der Waals surface area contributed by atoms with Crippen molar-refractivity contribution in [1.29, 1.82) is 0 Å². The number of amides is 1. The van der Waals surface area contributed by atoms with Gasteiger partial charge in [0.2, 0.25) is 0 Å². The van der Waals surface area contributed by atoms with E-state index in [0.29, 0.717) is 18.7 Å². The Balaban J connectivity index is 2.08. The van der Waals surface area contributed by atoms with Gasteiger partial charge in [0.1, 0.15) is 5.82 Å². The Morgan fingerprint density at radius 3 is 2.90 bits per heavy atom. The van der Waals surface area contributed by atoms with Crippen LogP contribution in [0.1, 0.15) is 16.8 Å². The molecule has 1 aromatic carbocycles. The van der Waals surface area contributed by atoms with Gasteiger partial charge in [-0.2, -0.15) is 0 Å². The maximum absolute atomic E-state index is 13.2. The molecule has 1 aromatic rings.